The number of carbonyl (C=O) groups is 1. The molecule has 0 aliphatic heterocycles. The first-order chi connectivity index (χ1) is 9.13. The monoisotopic (exact) mass is 291 g/mol. The van der Waals surface area contributed by atoms with Crippen molar-refractivity contribution in [1.29, 1.82) is 0 Å². The molecule has 1 rings (SSSR count). The third kappa shape index (κ3) is 6.50. The molecule has 0 aliphatic rings. The van der Waals surface area contributed by atoms with Crippen molar-refractivity contribution >= 4 is 17.5 Å². The molecule has 19 heavy (non-hydrogen) atoms. The lowest BCUT2D eigenvalue weighted by Gasteiger charge is -2.16. The van der Waals surface area contributed by atoms with E-state index in [1.165, 1.54) is 0 Å². The van der Waals surface area contributed by atoms with Gasteiger partial charge in [0.1, 0.15) is 6.61 Å². The highest BCUT2D eigenvalue weighted by molar-refractivity contribution is 6.18. The molecule has 0 spiro atoms. The molecule has 0 saturated heterocycles. The Hall–Kier alpha value is -1.20. The van der Waals surface area contributed by atoms with Gasteiger partial charge in [0.15, 0.2) is 0 Å². The van der Waals surface area contributed by atoms with E-state index >= 15 is 0 Å². The number of alkyl halides is 3. The van der Waals surface area contributed by atoms with Gasteiger partial charge in [-0.05, 0) is 5.56 Å². The minimum atomic E-state index is -2.51. The number of ether oxygens (including phenoxy) is 1. The average Bonchev–Trinajstić information content (AvgIpc) is 2.41. The zero-order valence-electron chi connectivity index (χ0n) is 10.3. The topological polar surface area (TPSA) is 38.3 Å². The molecule has 1 amide bonds. The summed E-state index contributed by atoms with van der Waals surface area (Å²) in [6, 6.07) is 9.01. The van der Waals surface area contributed by atoms with E-state index in [9.17, 15) is 13.6 Å². The van der Waals surface area contributed by atoms with Crippen LogP contribution in [-0.4, -0.2) is 31.4 Å². The largest absolute Gasteiger partial charge is 0.375 e. The molecule has 1 N–H and O–H groups in total. The van der Waals surface area contributed by atoms with Gasteiger partial charge in [0.2, 0.25) is 5.91 Å². The molecule has 1 aromatic rings. The Kier molecular flexibility index (Phi) is 7.36. The summed E-state index contributed by atoms with van der Waals surface area (Å²) in [6.45, 7) is -0.676. The zero-order valence-corrected chi connectivity index (χ0v) is 11.1. The molecule has 1 unspecified atom stereocenters. The molecule has 0 fully saturated rings. The normalized spacial score (nSPS) is 12.4. The van der Waals surface area contributed by atoms with Crippen LogP contribution in [0.4, 0.5) is 8.78 Å². The van der Waals surface area contributed by atoms with E-state index in [0.29, 0.717) is 0 Å². The van der Waals surface area contributed by atoms with Gasteiger partial charge in [0.05, 0.1) is 12.6 Å². The fourth-order valence-electron chi connectivity index (χ4n) is 1.50. The first kappa shape index (κ1) is 15.9. The lowest BCUT2D eigenvalue weighted by molar-refractivity contribution is -0.123. The van der Waals surface area contributed by atoms with Crippen molar-refractivity contribution in [3.63, 3.8) is 0 Å². The van der Waals surface area contributed by atoms with E-state index in [4.69, 9.17) is 11.6 Å². The predicted octanol–water partition coefficient (Wildman–Crippen LogP) is 2.75. The minimum Gasteiger partial charge on any atom is -0.375 e. The van der Waals surface area contributed by atoms with E-state index in [2.05, 4.69) is 10.1 Å². The SMILES string of the molecule is O=C(CCOCC(F)F)NC(CCl)c1ccccc1. The number of carbonyl (C=O) groups excluding carboxylic acids is 1. The van der Waals surface area contributed by atoms with Crippen LogP contribution in [-0.2, 0) is 9.53 Å². The van der Waals surface area contributed by atoms with Crippen LogP contribution >= 0.6 is 11.6 Å². The van der Waals surface area contributed by atoms with E-state index in [1.54, 1.807) is 0 Å². The Morgan fingerprint density at radius 1 is 1.32 bits per heavy atom. The predicted molar refractivity (Wildman–Crippen MR) is 69.5 cm³/mol. The second-order valence-electron chi connectivity index (χ2n) is 3.90. The second-order valence-corrected chi connectivity index (χ2v) is 4.21. The van der Waals surface area contributed by atoms with Gasteiger partial charge >= 0.3 is 0 Å². The second kappa shape index (κ2) is 8.82. The standard InChI is InChI=1S/C13H16ClF2NO2/c14-8-11(10-4-2-1-3-5-10)17-13(18)6-7-19-9-12(15)16/h1-5,11-12H,6-9H2,(H,17,18). The third-order valence-corrected chi connectivity index (χ3v) is 2.72. The fraction of sp³-hybridized carbons (Fsp3) is 0.462. The highest BCUT2D eigenvalue weighted by atomic mass is 35.5. The number of rotatable bonds is 8. The Morgan fingerprint density at radius 3 is 2.58 bits per heavy atom. The molecule has 0 aliphatic carbocycles. The van der Waals surface area contributed by atoms with Crippen LogP contribution in [0.5, 0.6) is 0 Å². The molecule has 0 aromatic heterocycles. The summed E-state index contributed by atoms with van der Waals surface area (Å²) in [5, 5.41) is 2.73. The Labute approximate surface area is 115 Å². The number of hydrogen-bond donors (Lipinski definition) is 1. The van der Waals surface area contributed by atoms with Crippen LogP contribution in [0, 0.1) is 0 Å². The molecular weight excluding hydrogens is 276 g/mol. The van der Waals surface area contributed by atoms with Gasteiger partial charge in [-0.25, -0.2) is 8.78 Å². The van der Waals surface area contributed by atoms with Gasteiger partial charge in [-0.15, -0.1) is 11.6 Å². The maximum atomic E-state index is 11.8. The number of halogens is 3. The van der Waals surface area contributed by atoms with E-state index in [-0.39, 0.29) is 30.9 Å². The Morgan fingerprint density at radius 2 is 2.00 bits per heavy atom. The molecule has 1 atom stereocenters. The van der Waals surface area contributed by atoms with Crippen molar-refractivity contribution in [3.05, 3.63) is 35.9 Å². The van der Waals surface area contributed by atoms with Crippen molar-refractivity contribution in [2.45, 2.75) is 18.9 Å². The van der Waals surface area contributed by atoms with Gasteiger partial charge in [-0.3, -0.25) is 4.79 Å². The average molecular weight is 292 g/mol. The smallest absolute Gasteiger partial charge is 0.261 e. The molecule has 106 valence electrons. The summed E-state index contributed by atoms with van der Waals surface area (Å²) in [7, 11) is 0. The first-order valence-electron chi connectivity index (χ1n) is 5.89. The Bertz CT molecular complexity index is 376. The molecule has 3 nitrogen and oxygen atoms in total. The molecular formula is C13H16ClF2NO2. The van der Waals surface area contributed by atoms with Crippen LogP contribution in [0.1, 0.15) is 18.0 Å². The van der Waals surface area contributed by atoms with Gasteiger partial charge in [0.25, 0.3) is 6.43 Å². The van der Waals surface area contributed by atoms with Crippen LogP contribution < -0.4 is 5.32 Å². The third-order valence-electron chi connectivity index (χ3n) is 2.41. The summed E-state index contributed by atoms with van der Waals surface area (Å²) in [4.78, 5) is 11.6. The molecule has 1 aromatic carbocycles. The number of benzene rings is 1. The van der Waals surface area contributed by atoms with Gasteiger partial charge in [0, 0.05) is 12.3 Å². The number of hydrogen-bond acceptors (Lipinski definition) is 2. The first-order valence-corrected chi connectivity index (χ1v) is 6.43. The van der Waals surface area contributed by atoms with Gasteiger partial charge in [-0.2, -0.15) is 0 Å². The summed E-state index contributed by atoms with van der Waals surface area (Å²) in [5.41, 5.74) is 0.902. The maximum absolute atomic E-state index is 11.8. The Balaban J connectivity index is 2.33. The van der Waals surface area contributed by atoms with Crippen LogP contribution in [0.2, 0.25) is 0 Å². The van der Waals surface area contributed by atoms with E-state index in [0.717, 1.165) is 5.56 Å². The minimum absolute atomic E-state index is 0.0278. The molecule has 6 heteroatoms. The van der Waals surface area contributed by atoms with Crippen molar-refractivity contribution in [3.8, 4) is 0 Å². The number of amides is 1. The highest BCUT2D eigenvalue weighted by Crippen LogP contribution is 2.14. The van der Waals surface area contributed by atoms with Crippen molar-refractivity contribution in [2.75, 3.05) is 19.1 Å². The molecule has 0 radical (unpaired) electrons. The summed E-state index contributed by atoms with van der Waals surface area (Å²) < 4.78 is 28.2. The number of nitrogens with one attached hydrogen (secondary N) is 1. The maximum Gasteiger partial charge on any atom is 0.261 e. The van der Waals surface area contributed by atoms with Gasteiger partial charge < -0.3 is 10.1 Å². The van der Waals surface area contributed by atoms with Gasteiger partial charge in [-0.1, -0.05) is 30.3 Å². The summed E-state index contributed by atoms with van der Waals surface area (Å²) >= 11 is 5.80. The fourth-order valence-corrected chi connectivity index (χ4v) is 1.76. The van der Waals surface area contributed by atoms with Crippen molar-refractivity contribution in [1.82, 2.24) is 5.32 Å². The van der Waals surface area contributed by atoms with Crippen LogP contribution in [0.25, 0.3) is 0 Å². The summed E-state index contributed by atoms with van der Waals surface area (Å²) in [6.07, 6.45) is -2.48. The molecule has 0 bridgehead atoms. The highest BCUT2D eigenvalue weighted by Gasteiger charge is 2.13. The van der Waals surface area contributed by atoms with Crippen LogP contribution in [0.3, 0.4) is 0 Å². The van der Waals surface area contributed by atoms with E-state index < -0.39 is 13.0 Å². The van der Waals surface area contributed by atoms with Crippen molar-refractivity contribution in [2.24, 2.45) is 0 Å². The quantitative estimate of drug-likeness (QED) is 0.591. The van der Waals surface area contributed by atoms with E-state index in [1.807, 2.05) is 30.3 Å². The van der Waals surface area contributed by atoms with Crippen molar-refractivity contribution < 1.29 is 18.3 Å². The van der Waals surface area contributed by atoms with Crippen LogP contribution in [0.15, 0.2) is 30.3 Å². The lowest BCUT2D eigenvalue weighted by Crippen LogP contribution is -2.30. The summed E-state index contributed by atoms with van der Waals surface area (Å²) in [5.74, 6) is -0.0306. The molecule has 0 heterocycles. The molecule has 0 saturated carbocycles. The zero-order chi connectivity index (χ0) is 14.1. The lowest BCUT2D eigenvalue weighted by atomic mass is 10.1.